The van der Waals surface area contributed by atoms with Crippen molar-refractivity contribution in [2.45, 2.75) is 38.8 Å². The fraction of sp³-hybridized carbons (Fsp3) is 0.571. The quantitative estimate of drug-likeness (QED) is 0.908. The van der Waals surface area contributed by atoms with Crippen molar-refractivity contribution in [3.05, 3.63) is 28.2 Å². The van der Waals surface area contributed by atoms with E-state index >= 15 is 0 Å². The molecule has 106 valence electrons. The smallest absolute Gasteiger partial charge is 0.150 e. The third-order valence-electron chi connectivity index (χ3n) is 3.73. The number of halogens is 3. The van der Waals surface area contributed by atoms with Crippen LogP contribution in [0.4, 0.5) is 14.5 Å². The van der Waals surface area contributed by atoms with Gasteiger partial charge in [0.15, 0.2) is 11.6 Å². The molecular formula is C14H19BrF2N2. The van der Waals surface area contributed by atoms with E-state index in [1.165, 1.54) is 12.1 Å². The van der Waals surface area contributed by atoms with Crippen molar-refractivity contribution in [2.75, 3.05) is 18.0 Å². The molecule has 2 unspecified atom stereocenters. The molecule has 1 aromatic carbocycles. The van der Waals surface area contributed by atoms with Gasteiger partial charge in [-0.3, -0.25) is 0 Å². The molecule has 1 aliphatic rings. The Bertz CT molecular complexity index is 430. The summed E-state index contributed by atoms with van der Waals surface area (Å²) in [5, 5.41) is 3.42. The Morgan fingerprint density at radius 3 is 2.42 bits per heavy atom. The number of rotatable bonds is 3. The van der Waals surface area contributed by atoms with Gasteiger partial charge in [0.25, 0.3) is 0 Å². The fourth-order valence-corrected chi connectivity index (χ4v) is 2.99. The molecule has 1 aromatic rings. The molecule has 1 fully saturated rings. The average molecular weight is 333 g/mol. The fourth-order valence-electron chi connectivity index (χ4n) is 2.58. The minimum Gasteiger partial charge on any atom is -0.361 e. The lowest BCUT2D eigenvalue weighted by Gasteiger charge is -2.41. The zero-order chi connectivity index (χ0) is 14.0. The molecular weight excluding hydrogens is 314 g/mol. The lowest BCUT2D eigenvalue weighted by molar-refractivity contribution is 0.371. The molecule has 1 N–H and O–H groups in total. The Balaban J connectivity index is 2.36. The van der Waals surface area contributed by atoms with Crippen LogP contribution in [0.3, 0.4) is 0 Å². The van der Waals surface area contributed by atoms with Gasteiger partial charge >= 0.3 is 0 Å². The SMILES string of the molecule is CCC1CN(c2c(F)cc(Br)cc2F)C(CC)CN1. The average Bonchev–Trinajstić information content (AvgIpc) is 2.37. The minimum absolute atomic E-state index is 0.106. The van der Waals surface area contributed by atoms with Gasteiger partial charge in [0.2, 0.25) is 0 Å². The number of anilines is 1. The van der Waals surface area contributed by atoms with Crippen LogP contribution in [0.2, 0.25) is 0 Å². The summed E-state index contributed by atoms with van der Waals surface area (Å²) < 4.78 is 28.6. The Kier molecular flexibility index (Phi) is 4.79. The van der Waals surface area contributed by atoms with E-state index < -0.39 is 11.6 Å². The van der Waals surface area contributed by atoms with Gasteiger partial charge in [0.05, 0.1) is 0 Å². The van der Waals surface area contributed by atoms with Gasteiger partial charge in [-0.1, -0.05) is 29.8 Å². The molecule has 2 nitrogen and oxygen atoms in total. The van der Waals surface area contributed by atoms with Crippen molar-refractivity contribution in [1.82, 2.24) is 5.32 Å². The molecule has 5 heteroatoms. The Morgan fingerprint density at radius 2 is 1.89 bits per heavy atom. The van der Waals surface area contributed by atoms with E-state index in [0.29, 0.717) is 11.0 Å². The van der Waals surface area contributed by atoms with Gasteiger partial charge in [-0.25, -0.2) is 8.78 Å². The Hall–Kier alpha value is -0.680. The van der Waals surface area contributed by atoms with Crippen LogP contribution in [0.15, 0.2) is 16.6 Å². The van der Waals surface area contributed by atoms with E-state index in [9.17, 15) is 8.78 Å². The van der Waals surface area contributed by atoms with Gasteiger partial charge < -0.3 is 10.2 Å². The van der Waals surface area contributed by atoms with Gasteiger partial charge in [0, 0.05) is 29.6 Å². The zero-order valence-electron chi connectivity index (χ0n) is 11.2. The van der Waals surface area contributed by atoms with Gasteiger partial charge in [-0.05, 0) is 25.0 Å². The molecule has 2 rings (SSSR count). The van der Waals surface area contributed by atoms with Crippen molar-refractivity contribution in [2.24, 2.45) is 0 Å². The number of nitrogens with zero attached hydrogens (tertiary/aromatic N) is 1. The van der Waals surface area contributed by atoms with Crippen LogP contribution in [-0.4, -0.2) is 25.2 Å². The molecule has 1 heterocycles. The lowest BCUT2D eigenvalue weighted by Crippen LogP contribution is -2.56. The third-order valence-corrected chi connectivity index (χ3v) is 4.19. The van der Waals surface area contributed by atoms with Crippen LogP contribution in [0.5, 0.6) is 0 Å². The van der Waals surface area contributed by atoms with Gasteiger partial charge in [-0.2, -0.15) is 0 Å². The molecule has 1 aliphatic heterocycles. The summed E-state index contributed by atoms with van der Waals surface area (Å²) in [6.45, 7) is 5.53. The largest absolute Gasteiger partial charge is 0.361 e. The standard InChI is InChI=1S/C14H19BrF2N2/c1-3-10-8-19(11(4-2)7-18-10)14-12(16)5-9(15)6-13(14)17/h5-6,10-11,18H,3-4,7-8H2,1-2H3. The van der Waals surface area contributed by atoms with Crippen molar-refractivity contribution < 1.29 is 8.78 Å². The van der Waals surface area contributed by atoms with Gasteiger partial charge in [-0.15, -0.1) is 0 Å². The van der Waals surface area contributed by atoms with Crippen LogP contribution in [0, 0.1) is 11.6 Å². The molecule has 0 spiro atoms. The van der Waals surface area contributed by atoms with E-state index in [1.807, 2.05) is 11.8 Å². The van der Waals surface area contributed by atoms with E-state index in [4.69, 9.17) is 0 Å². The van der Waals surface area contributed by atoms with Crippen molar-refractivity contribution in [1.29, 1.82) is 0 Å². The number of hydrogen-bond donors (Lipinski definition) is 1. The predicted octanol–water partition coefficient (Wildman–Crippen LogP) is 3.69. The summed E-state index contributed by atoms with van der Waals surface area (Å²) in [6.07, 6.45) is 1.81. The highest BCUT2D eigenvalue weighted by Crippen LogP contribution is 2.30. The highest BCUT2D eigenvalue weighted by atomic mass is 79.9. The number of piperazine rings is 1. The molecule has 0 aromatic heterocycles. The predicted molar refractivity (Wildman–Crippen MR) is 77.6 cm³/mol. The van der Waals surface area contributed by atoms with E-state index in [2.05, 4.69) is 28.2 Å². The van der Waals surface area contributed by atoms with Crippen molar-refractivity contribution in [3.8, 4) is 0 Å². The van der Waals surface area contributed by atoms with E-state index in [1.54, 1.807) is 0 Å². The normalized spacial score (nSPS) is 23.7. The first-order valence-corrected chi connectivity index (χ1v) is 7.50. The highest BCUT2D eigenvalue weighted by molar-refractivity contribution is 9.10. The maximum atomic E-state index is 14.1. The summed E-state index contributed by atoms with van der Waals surface area (Å²) in [7, 11) is 0. The number of benzene rings is 1. The summed E-state index contributed by atoms with van der Waals surface area (Å²) in [5.41, 5.74) is 0.106. The van der Waals surface area contributed by atoms with E-state index in [-0.39, 0.29) is 17.8 Å². The summed E-state index contributed by atoms with van der Waals surface area (Å²) in [5.74, 6) is -0.996. The van der Waals surface area contributed by atoms with Crippen molar-refractivity contribution >= 4 is 21.6 Å². The summed E-state index contributed by atoms with van der Waals surface area (Å²) in [4.78, 5) is 1.88. The van der Waals surface area contributed by atoms with Crippen molar-refractivity contribution in [3.63, 3.8) is 0 Å². The second kappa shape index (κ2) is 6.18. The van der Waals surface area contributed by atoms with Gasteiger partial charge in [0.1, 0.15) is 5.69 Å². The van der Waals surface area contributed by atoms with Crippen LogP contribution >= 0.6 is 15.9 Å². The Labute approximate surface area is 121 Å². The summed E-state index contributed by atoms with van der Waals surface area (Å²) in [6, 6.07) is 3.07. The van der Waals surface area contributed by atoms with Crippen LogP contribution in [0.25, 0.3) is 0 Å². The second-order valence-corrected chi connectivity index (χ2v) is 5.86. The molecule has 0 bridgehead atoms. The van der Waals surface area contributed by atoms with E-state index in [0.717, 1.165) is 19.4 Å². The van der Waals surface area contributed by atoms with Crippen LogP contribution in [0.1, 0.15) is 26.7 Å². The maximum Gasteiger partial charge on any atom is 0.150 e. The Morgan fingerprint density at radius 1 is 1.26 bits per heavy atom. The molecule has 0 aliphatic carbocycles. The molecule has 0 amide bonds. The zero-order valence-corrected chi connectivity index (χ0v) is 12.8. The first kappa shape index (κ1) is 14.7. The molecule has 19 heavy (non-hydrogen) atoms. The highest BCUT2D eigenvalue weighted by Gasteiger charge is 2.29. The second-order valence-electron chi connectivity index (χ2n) is 4.95. The molecule has 0 radical (unpaired) electrons. The number of nitrogens with one attached hydrogen (secondary N) is 1. The molecule has 0 saturated carbocycles. The monoisotopic (exact) mass is 332 g/mol. The van der Waals surface area contributed by atoms with Crippen LogP contribution in [-0.2, 0) is 0 Å². The first-order chi connectivity index (χ1) is 9.06. The lowest BCUT2D eigenvalue weighted by atomic mass is 10.0. The molecule has 1 saturated heterocycles. The topological polar surface area (TPSA) is 15.3 Å². The minimum atomic E-state index is -0.498. The maximum absolute atomic E-state index is 14.1. The molecule has 2 atom stereocenters. The first-order valence-electron chi connectivity index (χ1n) is 6.71. The third kappa shape index (κ3) is 3.08. The summed E-state index contributed by atoms with van der Waals surface area (Å²) >= 11 is 3.12. The van der Waals surface area contributed by atoms with Crippen LogP contribution < -0.4 is 10.2 Å². The number of hydrogen-bond acceptors (Lipinski definition) is 2.